The highest BCUT2D eigenvalue weighted by molar-refractivity contribution is 8.04. The molecule has 29 heavy (non-hydrogen) atoms. The zero-order valence-corrected chi connectivity index (χ0v) is 19.9. The highest BCUT2D eigenvalue weighted by Gasteiger charge is 2.28. The average molecular weight is 420 g/mol. The summed E-state index contributed by atoms with van der Waals surface area (Å²) in [5.41, 5.74) is 2.43. The molecule has 1 aromatic rings. The fourth-order valence-corrected chi connectivity index (χ4v) is 4.44. The van der Waals surface area contributed by atoms with Crippen LogP contribution in [0.1, 0.15) is 71.6 Å². The Morgan fingerprint density at radius 2 is 1.72 bits per heavy atom. The first kappa shape index (κ1) is 23.8. The number of nitrogens with zero attached hydrogens (tertiary/aromatic N) is 1. The van der Waals surface area contributed by atoms with Crippen LogP contribution < -0.4 is 0 Å². The quantitative estimate of drug-likeness (QED) is 0.500. The largest absolute Gasteiger partial charge is 0.507 e. The summed E-state index contributed by atoms with van der Waals surface area (Å²) in [5, 5.41) is 10.9. The summed E-state index contributed by atoms with van der Waals surface area (Å²) in [7, 11) is 0. The molecule has 2 rings (SSSR count). The van der Waals surface area contributed by atoms with Crippen molar-refractivity contribution in [1.82, 2.24) is 4.90 Å². The van der Waals surface area contributed by atoms with Gasteiger partial charge in [-0.25, -0.2) is 0 Å². The average Bonchev–Trinajstić information content (AvgIpc) is 2.61. The number of rotatable bonds is 6. The van der Waals surface area contributed by atoms with Gasteiger partial charge in [-0.05, 0) is 47.9 Å². The number of carbonyl (C=O) groups excluding carboxylic acids is 1. The maximum absolute atomic E-state index is 13.0. The molecule has 1 aliphatic rings. The van der Waals surface area contributed by atoms with Crippen LogP contribution in [0.2, 0.25) is 0 Å². The van der Waals surface area contributed by atoms with Crippen molar-refractivity contribution >= 4 is 23.7 Å². The molecule has 5 heteroatoms. The number of phenols is 1. The monoisotopic (exact) mass is 419 g/mol. The second-order valence-electron chi connectivity index (χ2n) is 9.66. The van der Waals surface area contributed by atoms with Gasteiger partial charge in [-0.1, -0.05) is 41.5 Å². The summed E-state index contributed by atoms with van der Waals surface area (Å²) in [4.78, 5) is 15.7. The third kappa shape index (κ3) is 6.26. The van der Waals surface area contributed by atoms with Crippen LogP contribution in [0.15, 0.2) is 17.0 Å². The van der Waals surface area contributed by atoms with Crippen molar-refractivity contribution in [2.45, 2.75) is 65.7 Å². The van der Waals surface area contributed by atoms with Crippen LogP contribution in [-0.2, 0) is 20.4 Å². The lowest BCUT2D eigenvalue weighted by atomic mass is 9.78. The lowest BCUT2D eigenvalue weighted by molar-refractivity contribution is -0.126. The molecule has 0 aliphatic carbocycles. The van der Waals surface area contributed by atoms with Crippen molar-refractivity contribution in [1.29, 1.82) is 0 Å². The minimum absolute atomic E-state index is 0.0976. The highest BCUT2D eigenvalue weighted by Crippen LogP contribution is 2.40. The van der Waals surface area contributed by atoms with Gasteiger partial charge in [-0.15, -0.1) is 11.8 Å². The van der Waals surface area contributed by atoms with E-state index < -0.39 is 0 Å². The van der Waals surface area contributed by atoms with E-state index in [1.165, 1.54) is 0 Å². The molecule has 0 atom stereocenters. The van der Waals surface area contributed by atoms with E-state index in [9.17, 15) is 9.90 Å². The lowest BCUT2D eigenvalue weighted by Gasteiger charge is -2.29. The second kappa shape index (κ2) is 9.57. The first-order valence-electron chi connectivity index (χ1n) is 10.5. The molecule has 0 unspecified atom stereocenters. The lowest BCUT2D eigenvalue weighted by Crippen LogP contribution is -2.38. The van der Waals surface area contributed by atoms with Gasteiger partial charge in [0.1, 0.15) is 5.75 Å². The fourth-order valence-electron chi connectivity index (χ4n) is 3.44. The second-order valence-corrected chi connectivity index (χ2v) is 10.8. The molecule has 1 saturated heterocycles. The molecule has 1 heterocycles. The number of thioether (sulfide) groups is 1. The van der Waals surface area contributed by atoms with Crippen molar-refractivity contribution in [2.24, 2.45) is 0 Å². The Morgan fingerprint density at radius 3 is 2.24 bits per heavy atom. The van der Waals surface area contributed by atoms with E-state index in [2.05, 4.69) is 41.5 Å². The van der Waals surface area contributed by atoms with E-state index in [0.717, 1.165) is 46.9 Å². The molecule has 0 saturated carbocycles. The van der Waals surface area contributed by atoms with Gasteiger partial charge in [-0.2, -0.15) is 0 Å². The third-order valence-electron chi connectivity index (χ3n) is 5.08. The Morgan fingerprint density at radius 1 is 1.14 bits per heavy atom. The molecule has 162 valence electrons. The van der Waals surface area contributed by atoms with Crippen LogP contribution in [0.4, 0.5) is 0 Å². The van der Waals surface area contributed by atoms with Gasteiger partial charge in [0.15, 0.2) is 0 Å². The minimum atomic E-state index is -0.187. The fraction of sp³-hybridized carbons (Fsp3) is 0.625. The number of hydrogen-bond donors (Lipinski definition) is 1. The summed E-state index contributed by atoms with van der Waals surface area (Å²) in [6, 6.07) is 4.05. The van der Waals surface area contributed by atoms with E-state index in [-0.39, 0.29) is 16.7 Å². The molecule has 1 aliphatic heterocycles. The van der Waals surface area contributed by atoms with Crippen LogP contribution in [-0.4, -0.2) is 48.0 Å². The van der Waals surface area contributed by atoms with Crippen molar-refractivity contribution in [3.05, 3.63) is 33.7 Å². The zero-order chi connectivity index (χ0) is 21.8. The van der Waals surface area contributed by atoms with Gasteiger partial charge in [0.2, 0.25) is 0 Å². The molecule has 0 spiro atoms. The summed E-state index contributed by atoms with van der Waals surface area (Å²) < 4.78 is 5.40. The van der Waals surface area contributed by atoms with Crippen LogP contribution in [0.5, 0.6) is 5.75 Å². The Kier molecular flexibility index (Phi) is 7.86. The zero-order valence-electron chi connectivity index (χ0n) is 19.1. The summed E-state index contributed by atoms with van der Waals surface area (Å²) in [6.07, 6.45) is 2.85. The number of carbonyl (C=O) groups is 1. The van der Waals surface area contributed by atoms with Crippen molar-refractivity contribution in [3.8, 4) is 5.75 Å². The number of aromatic hydroxyl groups is 1. The molecule has 4 nitrogen and oxygen atoms in total. The number of amides is 1. The van der Waals surface area contributed by atoms with Gasteiger partial charge in [0.25, 0.3) is 5.91 Å². The van der Waals surface area contributed by atoms with Crippen molar-refractivity contribution in [3.63, 3.8) is 0 Å². The van der Waals surface area contributed by atoms with E-state index in [0.29, 0.717) is 19.0 Å². The first-order chi connectivity index (χ1) is 13.4. The van der Waals surface area contributed by atoms with Gasteiger partial charge in [0.05, 0.1) is 4.91 Å². The molecular weight excluding hydrogens is 382 g/mol. The minimum Gasteiger partial charge on any atom is -0.507 e. The summed E-state index contributed by atoms with van der Waals surface area (Å²) in [5.74, 6) is 1.37. The Hall–Kier alpha value is -1.46. The SMILES string of the molecule is CCOCCCN1CCSC(=Cc2cc(C(C)(C)C)c(O)c(C(C)(C)C)c2)C1=O. The van der Waals surface area contributed by atoms with Gasteiger partial charge in [-0.3, -0.25) is 4.79 Å². The van der Waals surface area contributed by atoms with E-state index >= 15 is 0 Å². The number of ether oxygens (including phenoxy) is 1. The normalized spacial score (nSPS) is 17.3. The number of phenolic OH excluding ortho intramolecular Hbond substituents is 1. The van der Waals surface area contributed by atoms with Crippen LogP contribution in [0.25, 0.3) is 6.08 Å². The van der Waals surface area contributed by atoms with Gasteiger partial charge >= 0.3 is 0 Å². The van der Waals surface area contributed by atoms with E-state index in [4.69, 9.17) is 4.74 Å². The predicted octanol–water partition coefficient (Wildman–Crippen LogP) is 5.33. The van der Waals surface area contributed by atoms with Gasteiger partial charge in [0, 0.05) is 43.2 Å². The molecule has 0 bridgehead atoms. The first-order valence-corrected chi connectivity index (χ1v) is 11.5. The Bertz CT molecular complexity index is 721. The molecular formula is C24H37NO3S. The predicted molar refractivity (Wildman–Crippen MR) is 124 cm³/mol. The molecule has 0 radical (unpaired) electrons. The van der Waals surface area contributed by atoms with Crippen LogP contribution in [0.3, 0.4) is 0 Å². The molecule has 1 amide bonds. The van der Waals surface area contributed by atoms with Crippen molar-refractivity contribution < 1.29 is 14.6 Å². The smallest absolute Gasteiger partial charge is 0.260 e. The summed E-state index contributed by atoms with van der Waals surface area (Å²) in [6.45, 7) is 17.5. The topological polar surface area (TPSA) is 49.8 Å². The summed E-state index contributed by atoms with van der Waals surface area (Å²) >= 11 is 1.62. The maximum Gasteiger partial charge on any atom is 0.260 e. The molecule has 1 aromatic carbocycles. The van der Waals surface area contributed by atoms with Gasteiger partial charge < -0.3 is 14.7 Å². The van der Waals surface area contributed by atoms with Crippen LogP contribution in [0, 0.1) is 0 Å². The Balaban J connectivity index is 2.35. The van der Waals surface area contributed by atoms with Crippen molar-refractivity contribution in [2.75, 3.05) is 32.1 Å². The molecule has 0 aromatic heterocycles. The maximum atomic E-state index is 13.0. The Labute approximate surface area is 180 Å². The third-order valence-corrected chi connectivity index (χ3v) is 6.07. The van der Waals surface area contributed by atoms with Crippen LogP contribution >= 0.6 is 11.8 Å². The highest BCUT2D eigenvalue weighted by atomic mass is 32.2. The molecule has 1 fully saturated rings. The number of benzene rings is 1. The van der Waals surface area contributed by atoms with E-state index in [1.54, 1.807) is 11.8 Å². The van der Waals surface area contributed by atoms with E-state index in [1.807, 2.05) is 30.0 Å². The molecule has 1 N–H and O–H groups in total. The standard InChI is InChI=1S/C24H37NO3S/c1-8-28-12-9-10-25-11-13-29-20(22(25)27)16-17-14-18(23(2,3)4)21(26)19(15-17)24(5,6)7/h14-16,26H,8-13H2,1-7H3. The number of hydrogen-bond acceptors (Lipinski definition) is 4.